The van der Waals surface area contributed by atoms with E-state index in [1.165, 1.54) is 24.0 Å². The van der Waals surface area contributed by atoms with Crippen LogP contribution in [-0.4, -0.2) is 32.7 Å². The highest BCUT2D eigenvalue weighted by Gasteiger charge is 2.25. The Labute approximate surface area is 191 Å². The van der Waals surface area contributed by atoms with Crippen LogP contribution in [-0.2, 0) is 6.42 Å². The van der Waals surface area contributed by atoms with Gasteiger partial charge in [-0.1, -0.05) is 48.0 Å². The van der Waals surface area contributed by atoms with Crippen molar-refractivity contribution in [2.24, 2.45) is 5.92 Å². The summed E-state index contributed by atoms with van der Waals surface area (Å²) in [4.78, 5) is 8.68. The van der Waals surface area contributed by atoms with Crippen LogP contribution in [0.1, 0.15) is 24.0 Å². The van der Waals surface area contributed by atoms with Crippen LogP contribution in [0.3, 0.4) is 0 Å². The van der Waals surface area contributed by atoms with Crippen LogP contribution < -0.4 is 4.90 Å². The minimum atomic E-state index is 0.713. The number of benzene rings is 2. The Morgan fingerprint density at radius 2 is 1.81 bits per heavy atom. The van der Waals surface area contributed by atoms with Gasteiger partial charge in [0.1, 0.15) is 0 Å². The van der Waals surface area contributed by atoms with Crippen molar-refractivity contribution in [3.8, 4) is 10.7 Å². The molecule has 5 aromatic rings. The fraction of sp³-hybridized carbons (Fsp3) is 0.269. The van der Waals surface area contributed by atoms with Crippen LogP contribution in [0.4, 0.5) is 5.95 Å². The first-order chi connectivity index (χ1) is 15.8. The molecule has 2 aromatic carbocycles. The summed E-state index contributed by atoms with van der Waals surface area (Å²) in [5.41, 5.74) is 4.51. The second-order valence-electron chi connectivity index (χ2n) is 8.71. The molecule has 6 rings (SSSR count). The molecule has 0 radical (unpaired) electrons. The summed E-state index contributed by atoms with van der Waals surface area (Å²) in [5, 5.41) is 12.4. The van der Waals surface area contributed by atoms with Gasteiger partial charge < -0.3 is 4.90 Å². The second kappa shape index (κ2) is 8.02. The zero-order valence-corrected chi connectivity index (χ0v) is 18.9. The van der Waals surface area contributed by atoms with Crippen LogP contribution in [0.25, 0.3) is 27.3 Å². The highest BCUT2D eigenvalue weighted by Crippen LogP contribution is 2.32. The molecule has 3 aromatic heterocycles. The smallest absolute Gasteiger partial charge is 0.213 e. The number of aryl methyl sites for hydroxylation is 1. The molecule has 1 saturated heterocycles. The van der Waals surface area contributed by atoms with E-state index in [0.29, 0.717) is 5.92 Å². The number of piperidine rings is 1. The molecule has 0 unspecified atom stereocenters. The van der Waals surface area contributed by atoms with Gasteiger partial charge >= 0.3 is 0 Å². The van der Waals surface area contributed by atoms with Gasteiger partial charge in [0, 0.05) is 18.5 Å². The predicted molar refractivity (Wildman–Crippen MR) is 131 cm³/mol. The molecule has 0 spiro atoms. The Morgan fingerprint density at radius 3 is 2.59 bits per heavy atom. The van der Waals surface area contributed by atoms with E-state index in [1.54, 1.807) is 11.3 Å². The first-order valence-electron chi connectivity index (χ1n) is 11.2. The number of hydrogen-bond acceptors (Lipinski definition) is 5. The lowest BCUT2D eigenvalue weighted by Crippen LogP contribution is -2.36. The molecule has 1 fully saturated rings. The Balaban J connectivity index is 1.39. The van der Waals surface area contributed by atoms with E-state index >= 15 is 0 Å². The largest absolute Gasteiger partial charge is 0.342 e. The minimum absolute atomic E-state index is 0.713. The molecule has 4 heterocycles. The van der Waals surface area contributed by atoms with E-state index in [1.807, 2.05) is 0 Å². The summed E-state index contributed by atoms with van der Waals surface area (Å²) in [5.74, 6) is 2.56. The van der Waals surface area contributed by atoms with Crippen molar-refractivity contribution in [1.82, 2.24) is 19.6 Å². The van der Waals surface area contributed by atoms with E-state index in [9.17, 15) is 0 Å². The molecule has 0 aliphatic carbocycles. The number of aromatic nitrogens is 4. The topological polar surface area (TPSA) is 46.3 Å². The summed E-state index contributed by atoms with van der Waals surface area (Å²) >= 11 is 1.69. The monoisotopic (exact) mass is 439 g/mol. The SMILES string of the molecule is Cc1ccc2nc(N3CCC(Cc4ccccc4)CC3)n3c(-c4cccs4)nnc3c2c1. The zero-order valence-electron chi connectivity index (χ0n) is 18.1. The third-order valence-electron chi connectivity index (χ3n) is 6.48. The number of thiophene rings is 1. The molecule has 1 aliphatic heterocycles. The van der Waals surface area contributed by atoms with Gasteiger partial charge in [-0.2, -0.15) is 0 Å². The molecular formula is C26H25N5S. The number of rotatable bonds is 4. The molecule has 0 N–H and O–H groups in total. The molecule has 0 atom stereocenters. The highest BCUT2D eigenvalue weighted by molar-refractivity contribution is 7.13. The van der Waals surface area contributed by atoms with Crippen LogP contribution in [0, 0.1) is 12.8 Å². The van der Waals surface area contributed by atoms with Gasteiger partial charge in [0.05, 0.1) is 10.4 Å². The van der Waals surface area contributed by atoms with Gasteiger partial charge in [-0.25, -0.2) is 9.38 Å². The number of nitrogens with zero attached hydrogens (tertiary/aromatic N) is 5. The van der Waals surface area contributed by atoms with E-state index in [4.69, 9.17) is 4.98 Å². The van der Waals surface area contributed by atoms with Gasteiger partial charge in [0.2, 0.25) is 5.95 Å². The van der Waals surface area contributed by atoms with Crippen molar-refractivity contribution in [1.29, 1.82) is 0 Å². The van der Waals surface area contributed by atoms with Crippen molar-refractivity contribution < 1.29 is 0 Å². The van der Waals surface area contributed by atoms with Crippen molar-refractivity contribution in [2.75, 3.05) is 18.0 Å². The first-order valence-corrected chi connectivity index (χ1v) is 12.1. The first kappa shape index (κ1) is 19.4. The molecule has 6 heteroatoms. The molecule has 0 bridgehead atoms. The molecule has 5 nitrogen and oxygen atoms in total. The quantitative estimate of drug-likeness (QED) is 0.356. The zero-order chi connectivity index (χ0) is 21.5. The summed E-state index contributed by atoms with van der Waals surface area (Å²) in [6.45, 7) is 4.11. The van der Waals surface area contributed by atoms with Crippen molar-refractivity contribution in [3.05, 3.63) is 77.2 Å². The lowest BCUT2D eigenvalue weighted by atomic mass is 9.90. The standard InChI is InChI=1S/C26H25N5S/c1-18-9-10-22-21(16-18)24-28-29-25(23-8-5-15-32-23)31(24)26(27-22)30-13-11-20(12-14-30)17-19-6-3-2-4-7-19/h2-10,15-16,20H,11-14,17H2,1H3. The number of anilines is 1. The average molecular weight is 440 g/mol. The van der Waals surface area contributed by atoms with Gasteiger partial charge in [-0.05, 0) is 61.2 Å². The van der Waals surface area contributed by atoms with E-state index in [-0.39, 0.29) is 0 Å². The van der Waals surface area contributed by atoms with E-state index < -0.39 is 0 Å². The summed E-state index contributed by atoms with van der Waals surface area (Å²) in [6, 6.07) is 21.4. The molecule has 0 saturated carbocycles. The van der Waals surface area contributed by atoms with Gasteiger partial charge in [-0.15, -0.1) is 21.5 Å². The van der Waals surface area contributed by atoms with E-state index in [0.717, 1.165) is 52.7 Å². The van der Waals surface area contributed by atoms with E-state index in [2.05, 4.69) is 92.5 Å². The van der Waals surface area contributed by atoms with Crippen LogP contribution in [0.15, 0.2) is 66.0 Å². The fourth-order valence-electron chi connectivity index (χ4n) is 4.79. The summed E-state index contributed by atoms with van der Waals surface area (Å²) in [7, 11) is 0. The minimum Gasteiger partial charge on any atom is -0.342 e. The molecule has 160 valence electrons. The third-order valence-corrected chi connectivity index (χ3v) is 7.35. The molecule has 0 amide bonds. The van der Waals surface area contributed by atoms with Gasteiger partial charge in [0.15, 0.2) is 11.5 Å². The van der Waals surface area contributed by atoms with Crippen LogP contribution in [0.2, 0.25) is 0 Å². The average Bonchev–Trinajstić information content (AvgIpc) is 3.50. The molecule has 1 aliphatic rings. The lowest BCUT2D eigenvalue weighted by Gasteiger charge is -2.33. The Morgan fingerprint density at radius 1 is 0.969 bits per heavy atom. The maximum Gasteiger partial charge on any atom is 0.213 e. The van der Waals surface area contributed by atoms with Crippen molar-refractivity contribution >= 4 is 33.8 Å². The number of hydrogen-bond donors (Lipinski definition) is 0. The molecule has 32 heavy (non-hydrogen) atoms. The number of fused-ring (bicyclic) bond motifs is 3. The lowest BCUT2D eigenvalue weighted by molar-refractivity contribution is 0.400. The maximum absolute atomic E-state index is 5.13. The third kappa shape index (κ3) is 3.45. The Kier molecular flexibility index (Phi) is 4.87. The molecular weight excluding hydrogens is 414 g/mol. The van der Waals surface area contributed by atoms with Crippen LogP contribution in [0.5, 0.6) is 0 Å². The maximum atomic E-state index is 5.13. The summed E-state index contributed by atoms with van der Waals surface area (Å²) < 4.78 is 2.17. The Bertz CT molecular complexity index is 1370. The highest BCUT2D eigenvalue weighted by atomic mass is 32.1. The van der Waals surface area contributed by atoms with Gasteiger partial charge in [0.25, 0.3) is 0 Å². The Hall–Kier alpha value is -3.25. The fourth-order valence-corrected chi connectivity index (χ4v) is 5.49. The van der Waals surface area contributed by atoms with Crippen LogP contribution >= 0.6 is 11.3 Å². The normalized spacial score (nSPS) is 15.1. The second-order valence-corrected chi connectivity index (χ2v) is 9.66. The van der Waals surface area contributed by atoms with Crippen molar-refractivity contribution in [2.45, 2.75) is 26.2 Å². The van der Waals surface area contributed by atoms with Gasteiger partial charge in [-0.3, -0.25) is 0 Å². The van der Waals surface area contributed by atoms with Crippen molar-refractivity contribution in [3.63, 3.8) is 0 Å². The predicted octanol–water partition coefficient (Wildman–Crippen LogP) is 5.77. The summed E-state index contributed by atoms with van der Waals surface area (Å²) in [6.07, 6.45) is 3.49.